The molecule has 1 heterocycles. The summed E-state index contributed by atoms with van der Waals surface area (Å²) in [6.07, 6.45) is 1.45. The second-order valence-corrected chi connectivity index (χ2v) is 5.15. The van der Waals surface area contributed by atoms with Crippen molar-refractivity contribution < 1.29 is 23.7 Å². The number of nitriles is 1. The van der Waals surface area contributed by atoms with E-state index in [0.29, 0.717) is 34.1 Å². The van der Waals surface area contributed by atoms with Crippen molar-refractivity contribution in [2.24, 2.45) is 5.10 Å². The largest absolute Gasteiger partial charge is 0.493 e. The molecule has 0 aliphatic carbocycles. The highest BCUT2D eigenvalue weighted by Gasteiger charge is 2.19. The minimum atomic E-state index is -0.457. The molecule has 1 N–H and O–H groups in total. The molecule has 2 aromatic carbocycles. The summed E-state index contributed by atoms with van der Waals surface area (Å²) in [6, 6.07) is 12.1. The predicted octanol–water partition coefficient (Wildman–Crippen LogP) is 1.82. The molecule has 8 nitrogen and oxygen atoms in total. The molecule has 0 radical (unpaired) electrons. The zero-order chi connectivity index (χ0) is 18.4. The van der Waals surface area contributed by atoms with E-state index in [0.717, 1.165) is 0 Å². The number of carbonyl (C=O) groups excluding carboxylic acids is 1. The fourth-order valence-corrected chi connectivity index (χ4v) is 2.26. The van der Waals surface area contributed by atoms with E-state index in [9.17, 15) is 4.79 Å². The van der Waals surface area contributed by atoms with Crippen LogP contribution in [0.1, 0.15) is 11.1 Å². The van der Waals surface area contributed by atoms with Crippen LogP contribution in [0.5, 0.6) is 23.0 Å². The topological polar surface area (TPSA) is 102 Å². The lowest BCUT2D eigenvalue weighted by atomic mass is 10.2. The Morgan fingerprint density at radius 2 is 2.19 bits per heavy atom. The maximum absolute atomic E-state index is 11.8. The third kappa shape index (κ3) is 3.84. The molecule has 0 aromatic heterocycles. The number of carbonyl (C=O) groups is 1. The van der Waals surface area contributed by atoms with Crippen molar-refractivity contribution in [2.75, 3.05) is 20.5 Å². The highest BCUT2D eigenvalue weighted by Crippen LogP contribution is 2.41. The van der Waals surface area contributed by atoms with Crippen LogP contribution in [0.2, 0.25) is 0 Å². The number of fused-ring (bicyclic) bond motifs is 1. The number of ether oxygens (including phenoxy) is 4. The molecule has 0 saturated carbocycles. The van der Waals surface area contributed by atoms with Crippen LogP contribution in [0, 0.1) is 11.3 Å². The number of amides is 1. The Kier molecular flexibility index (Phi) is 5.19. The molecule has 1 aliphatic heterocycles. The number of hydrogen-bond donors (Lipinski definition) is 1. The monoisotopic (exact) mass is 353 g/mol. The minimum Gasteiger partial charge on any atom is -0.493 e. The van der Waals surface area contributed by atoms with Gasteiger partial charge in [0, 0.05) is 5.56 Å². The third-order valence-corrected chi connectivity index (χ3v) is 3.45. The Labute approximate surface area is 149 Å². The molecule has 0 fully saturated rings. The van der Waals surface area contributed by atoms with Gasteiger partial charge in [0.2, 0.25) is 12.5 Å². The first-order valence-electron chi connectivity index (χ1n) is 7.62. The number of hydrogen-bond acceptors (Lipinski definition) is 7. The van der Waals surface area contributed by atoms with Gasteiger partial charge in [0.1, 0.15) is 11.8 Å². The molecule has 0 unspecified atom stereocenters. The smallest absolute Gasteiger partial charge is 0.277 e. The molecular weight excluding hydrogens is 338 g/mol. The molecule has 0 spiro atoms. The molecule has 8 heteroatoms. The van der Waals surface area contributed by atoms with Crippen LogP contribution in [-0.2, 0) is 4.79 Å². The summed E-state index contributed by atoms with van der Waals surface area (Å²) < 4.78 is 21.2. The molecule has 26 heavy (non-hydrogen) atoms. The number of benzene rings is 2. The van der Waals surface area contributed by atoms with Crippen molar-refractivity contribution >= 4 is 12.1 Å². The van der Waals surface area contributed by atoms with E-state index >= 15 is 0 Å². The molecule has 2 aromatic rings. The molecule has 3 rings (SSSR count). The van der Waals surface area contributed by atoms with Gasteiger partial charge >= 0.3 is 0 Å². The predicted molar refractivity (Wildman–Crippen MR) is 91.5 cm³/mol. The number of nitrogens with zero attached hydrogens (tertiary/aromatic N) is 2. The van der Waals surface area contributed by atoms with E-state index in [2.05, 4.69) is 10.5 Å². The maximum atomic E-state index is 11.8. The van der Waals surface area contributed by atoms with E-state index in [-0.39, 0.29) is 13.4 Å². The van der Waals surface area contributed by atoms with Gasteiger partial charge in [-0.2, -0.15) is 10.4 Å². The summed E-state index contributed by atoms with van der Waals surface area (Å²) in [6.45, 7) is -0.134. The molecule has 0 bridgehead atoms. The van der Waals surface area contributed by atoms with Crippen LogP contribution in [0.4, 0.5) is 0 Å². The van der Waals surface area contributed by atoms with Crippen LogP contribution in [0.3, 0.4) is 0 Å². The first kappa shape index (κ1) is 17.1. The summed E-state index contributed by atoms with van der Waals surface area (Å²) in [5, 5.41) is 12.9. The summed E-state index contributed by atoms with van der Waals surface area (Å²) in [4.78, 5) is 11.8. The summed E-state index contributed by atoms with van der Waals surface area (Å²) in [5.74, 6) is 1.49. The van der Waals surface area contributed by atoms with Gasteiger partial charge in [-0.05, 0) is 24.3 Å². The van der Waals surface area contributed by atoms with Gasteiger partial charge in [-0.3, -0.25) is 4.79 Å². The lowest BCUT2D eigenvalue weighted by molar-refractivity contribution is -0.123. The van der Waals surface area contributed by atoms with E-state index < -0.39 is 5.91 Å². The fourth-order valence-electron chi connectivity index (χ4n) is 2.26. The SMILES string of the molecule is COc1cc(/C=N/NC(=O)COc2ccccc2C#N)cc2c1OCO2. The molecule has 0 atom stereocenters. The number of nitrogens with one attached hydrogen (secondary N) is 1. The van der Waals surface area contributed by atoms with Crippen LogP contribution in [-0.4, -0.2) is 32.6 Å². The molecule has 132 valence electrons. The first-order chi connectivity index (χ1) is 12.7. The number of para-hydroxylation sites is 1. The average molecular weight is 353 g/mol. The van der Waals surface area contributed by atoms with Crippen LogP contribution in [0.15, 0.2) is 41.5 Å². The van der Waals surface area contributed by atoms with Crippen molar-refractivity contribution in [3.63, 3.8) is 0 Å². The van der Waals surface area contributed by atoms with Gasteiger partial charge in [0.25, 0.3) is 5.91 Å². The van der Waals surface area contributed by atoms with Gasteiger partial charge in [-0.15, -0.1) is 0 Å². The van der Waals surface area contributed by atoms with Crippen molar-refractivity contribution in [3.05, 3.63) is 47.5 Å². The molecule has 1 aliphatic rings. The van der Waals surface area contributed by atoms with Gasteiger partial charge in [-0.25, -0.2) is 5.43 Å². The van der Waals surface area contributed by atoms with Gasteiger partial charge in [-0.1, -0.05) is 12.1 Å². The summed E-state index contributed by atoms with van der Waals surface area (Å²) in [5.41, 5.74) is 3.38. The Balaban J connectivity index is 1.57. The number of hydrazone groups is 1. The highest BCUT2D eigenvalue weighted by molar-refractivity contribution is 5.84. The van der Waals surface area contributed by atoms with E-state index in [1.165, 1.54) is 13.3 Å². The summed E-state index contributed by atoms with van der Waals surface area (Å²) in [7, 11) is 1.52. The lowest BCUT2D eigenvalue weighted by Gasteiger charge is -2.06. The zero-order valence-electron chi connectivity index (χ0n) is 13.9. The normalized spacial score (nSPS) is 11.8. The van der Waals surface area contributed by atoms with E-state index in [1.54, 1.807) is 36.4 Å². The van der Waals surface area contributed by atoms with E-state index in [1.807, 2.05) is 6.07 Å². The third-order valence-electron chi connectivity index (χ3n) is 3.45. The Hall–Kier alpha value is -3.73. The fraction of sp³-hybridized carbons (Fsp3) is 0.167. The van der Waals surface area contributed by atoms with Crippen LogP contribution >= 0.6 is 0 Å². The van der Waals surface area contributed by atoms with Crippen LogP contribution in [0.25, 0.3) is 0 Å². The highest BCUT2D eigenvalue weighted by atomic mass is 16.7. The van der Waals surface area contributed by atoms with Crippen molar-refractivity contribution in [2.45, 2.75) is 0 Å². The maximum Gasteiger partial charge on any atom is 0.277 e. The summed E-state index contributed by atoms with van der Waals surface area (Å²) >= 11 is 0. The lowest BCUT2D eigenvalue weighted by Crippen LogP contribution is -2.24. The number of rotatable bonds is 6. The second-order valence-electron chi connectivity index (χ2n) is 5.15. The van der Waals surface area contributed by atoms with Gasteiger partial charge in [0.05, 0.1) is 18.9 Å². The Bertz CT molecular complexity index is 889. The first-order valence-corrected chi connectivity index (χ1v) is 7.62. The van der Waals surface area contributed by atoms with Crippen LogP contribution < -0.4 is 24.4 Å². The second kappa shape index (κ2) is 7.90. The Morgan fingerprint density at radius 3 is 3.00 bits per heavy atom. The average Bonchev–Trinajstić information content (AvgIpc) is 3.14. The molecular formula is C18H15N3O5. The van der Waals surface area contributed by atoms with Crippen molar-refractivity contribution in [1.82, 2.24) is 5.43 Å². The Morgan fingerprint density at radius 1 is 1.35 bits per heavy atom. The zero-order valence-corrected chi connectivity index (χ0v) is 13.9. The van der Waals surface area contributed by atoms with E-state index in [4.69, 9.17) is 24.2 Å². The van der Waals surface area contributed by atoms with Gasteiger partial charge < -0.3 is 18.9 Å². The molecule has 1 amide bonds. The van der Waals surface area contributed by atoms with Gasteiger partial charge in [0.15, 0.2) is 18.1 Å². The van der Waals surface area contributed by atoms with Crippen molar-refractivity contribution in [1.29, 1.82) is 5.26 Å². The quantitative estimate of drug-likeness (QED) is 0.628. The number of methoxy groups -OCH3 is 1. The molecule has 0 saturated heterocycles. The standard InChI is InChI=1S/C18H15N3O5/c1-23-15-6-12(7-16-18(15)26-11-25-16)9-20-21-17(22)10-24-14-5-3-2-4-13(14)8-19/h2-7,9H,10-11H2,1H3,(H,21,22)/b20-9+. The van der Waals surface area contributed by atoms with Crippen molar-refractivity contribution in [3.8, 4) is 29.1 Å². The minimum absolute atomic E-state index is 0.129.